The van der Waals surface area contributed by atoms with E-state index in [1.165, 1.54) is 13.2 Å². The van der Waals surface area contributed by atoms with Gasteiger partial charge in [0.25, 0.3) is 0 Å². The summed E-state index contributed by atoms with van der Waals surface area (Å²) >= 11 is 0. The van der Waals surface area contributed by atoms with Crippen LogP contribution >= 0.6 is 0 Å². The van der Waals surface area contributed by atoms with Crippen molar-refractivity contribution >= 4 is 23.6 Å². The molecule has 0 fully saturated rings. The summed E-state index contributed by atoms with van der Waals surface area (Å²) < 4.78 is 15.5. The van der Waals surface area contributed by atoms with Crippen LogP contribution in [0.4, 0.5) is 5.69 Å². The van der Waals surface area contributed by atoms with E-state index < -0.39 is 0 Å². The van der Waals surface area contributed by atoms with E-state index in [0.717, 1.165) is 5.75 Å². The second kappa shape index (κ2) is 9.32. The van der Waals surface area contributed by atoms with E-state index in [9.17, 15) is 9.59 Å². The Kier molecular flexibility index (Phi) is 6.83. The van der Waals surface area contributed by atoms with Gasteiger partial charge in [0.2, 0.25) is 5.91 Å². The van der Waals surface area contributed by atoms with Crippen LogP contribution in [0.2, 0.25) is 0 Å². The zero-order chi connectivity index (χ0) is 18.1. The normalized spacial score (nSPS) is 10.6. The van der Waals surface area contributed by atoms with E-state index >= 15 is 0 Å². The Morgan fingerprint density at radius 3 is 2.60 bits per heavy atom. The van der Waals surface area contributed by atoms with E-state index in [4.69, 9.17) is 9.15 Å². The SMILES string of the molecule is CCOc1ccc(NC(=O)/C=C/c2ccc(CCC(=O)OC)o2)cc1. The number of aryl methyl sites for hydroxylation is 1. The minimum atomic E-state index is -0.289. The highest BCUT2D eigenvalue weighted by Crippen LogP contribution is 2.16. The zero-order valence-electron chi connectivity index (χ0n) is 14.3. The average Bonchev–Trinajstić information content (AvgIpc) is 3.08. The summed E-state index contributed by atoms with van der Waals surface area (Å²) in [4.78, 5) is 23.0. The van der Waals surface area contributed by atoms with E-state index in [1.807, 2.05) is 6.92 Å². The molecule has 25 heavy (non-hydrogen) atoms. The Balaban J connectivity index is 1.85. The first kappa shape index (κ1) is 18.3. The maximum absolute atomic E-state index is 11.9. The van der Waals surface area contributed by atoms with Crippen LogP contribution in [0.25, 0.3) is 6.08 Å². The van der Waals surface area contributed by atoms with Crippen LogP contribution in [0.3, 0.4) is 0 Å². The number of ether oxygens (including phenoxy) is 2. The number of anilines is 1. The van der Waals surface area contributed by atoms with Crippen LogP contribution in [0.1, 0.15) is 24.9 Å². The Labute approximate surface area is 146 Å². The Morgan fingerprint density at radius 2 is 1.92 bits per heavy atom. The first-order valence-corrected chi connectivity index (χ1v) is 7.98. The molecule has 1 aromatic heterocycles. The topological polar surface area (TPSA) is 77.8 Å². The molecule has 2 aromatic rings. The molecule has 1 N–H and O–H groups in total. The van der Waals surface area contributed by atoms with Crippen LogP contribution in [0.15, 0.2) is 46.9 Å². The first-order chi connectivity index (χ1) is 12.1. The lowest BCUT2D eigenvalue weighted by Gasteiger charge is -2.05. The molecule has 1 aromatic carbocycles. The van der Waals surface area contributed by atoms with Gasteiger partial charge in [-0.05, 0) is 49.4 Å². The molecule has 132 valence electrons. The number of benzene rings is 1. The Bertz CT molecular complexity index is 731. The fourth-order valence-corrected chi connectivity index (χ4v) is 2.09. The molecule has 6 nitrogen and oxygen atoms in total. The second-order valence-corrected chi connectivity index (χ2v) is 5.16. The van der Waals surface area contributed by atoms with Crippen LogP contribution in [0, 0.1) is 0 Å². The highest BCUT2D eigenvalue weighted by atomic mass is 16.5. The van der Waals surface area contributed by atoms with Gasteiger partial charge in [-0.3, -0.25) is 9.59 Å². The maximum Gasteiger partial charge on any atom is 0.305 e. The minimum absolute atomic E-state index is 0.255. The lowest BCUT2D eigenvalue weighted by atomic mass is 10.2. The van der Waals surface area contributed by atoms with Gasteiger partial charge in [-0.1, -0.05) is 0 Å². The molecule has 0 saturated heterocycles. The molecule has 1 amide bonds. The number of amides is 1. The van der Waals surface area contributed by atoms with Crippen LogP contribution in [-0.4, -0.2) is 25.6 Å². The lowest BCUT2D eigenvalue weighted by Crippen LogP contribution is -2.07. The van der Waals surface area contributed by atoms with Crippen molar-refractivity contribution in [3.8, 4) is 5.75 Å². The van der Waals surface area contributed by atoms with Crippen LogP contribution in [-0.2, 0) is 20.7 Å². The van der Waals surface area contributed by atoms with Crippen molar-refractivity contribution in [3.63, 3.8) is 0 Å². The summed E-state index contributed by atoms with van der Waals surface area (Å²) in [7, 11) is 1.35. The fraction of sp³-hybridized carbons (Fsp3) is 0.263. The Hall–Kier alpha value is -3.02. The van der Waals surface area contributed by atoms with Crippen LogP contribution < -0.4 is 10.1 Å². The third-order valence-corrected chi connectivity index (χ3v) is 3.32. The number of rotatable bonds is 8. The van der Waals surface area contributed by atoms with Crippen molar-refractivity contribution in [1.29, 1.82) is 0 Å². The number of esters is 1. The molecule has 0 atom stereocenters. The maximum atomic E-state index is 11.9. The van der Waals surface area contributed by atoms with Gasteiger partial charge in [-0.15, -0.1) is 0 Å². The fourth-order valence-electron chi connectivity index (χ4n) is 2.09. The van der Waals surface area contributed by atoms with Crippen molar-refractivity contribution in [1.82, 2.24) is 0 Å². The predicted octanol–water partition coefficient (Wildman–Crippen LogP) is 3.44. The number of hydrogen-bond acceptors (Lipinski definition) is 5. The molecule has 0 radical (unpaired) electrons. The quantitative estimate of drug-likeness (QED) is 0.587. The second-order valence-electron chi connectivity index (χ2n) is 5.16. The number of furan rings is 1. The van der Waals surface area contributed by atoms with Gasteiger partial charge in [-0.25, -0.2) is 0 Å². The molecular weight excluding hydrogens is 322 g/mol. The summed E-state index contributed by atoms with van der Waals surface area (Å²) in [5.41, 5.74) is 0.677. The smallest absolute Gasteiger partial charge is 0.305 e. The third-order valence-electron chi connectivity index (χ3n) is 3.32. The zero-order valence-corrected chi connectivity index (χ0v) is 14.3. The van der Waals surface area contributed by atoms with Gasteiger partial charge < -0.3 is 19.2 Å². The molecule has 2 rings (SSSR count). The van der Waals surface area contributed by atoms with E-state index in [2.05, 4.69) is 10.1 Å². The molecule has 0 saturated carbocycles. The molecule has 1 heterocycles. The lowest BCUT2D eigenvalue weighted by molar-refractivity contribution is -0.140. The largest absolute Gasteiger partial charge is 0.494 e. The number of carbonyl (C=O) groups is 2. The van der Waals surface area contributed by atoms with E-state index in [-0.39, 0.29) is 18.3 Å². The number of carbonyl (C=O) groups excluding carboxylic acids is 2. The number of hydrogen-bond donors (Lipinski definition) is 1. The van der Waals surface area contributed by atoms with Crippen molar-refractivity contribution in [3.05, 3.63) is 54.0 Å². The predicted molar refractivity (Wildman–Crippen MR) is 94.3 cm³/mol. The van der Waals surface area contributed by atoms with Gasteiger partial charge in [0.1, 0.15) is 17.3 Å². The van der Waals surface area contributed by atoms with Gasteiger partial charge in [-0.2, -0.15) is 0 Å². The first-order valence-electron chi connectivity index (χ1n) is 7.98. The highest BCUT2D eigenvalue weighted by molar-refractivity contribution is 6.01. The number of methoxy groups -OCH3 is 1. The Morgan fingerprint density at radius 1 is 1.16 bits per heavy atom. The van der Waals surface area contributed by atoms with Crippen molar-refractivity contribution in [2.45, 2.75) is 19.8 Å². The van der Waals surface area contributed by atoms with Crippen molar-refractivity contribution < 1.29 is 23.5 Å². The van der Waals surface area contributed by atoms with Gasteiger partial charge in [0.15, 0.2) is 0 Å². The van der Waals surface area contributed by atoms with E-state index in [0.29, 0.717) is 30.2 Å². The molecule has 0 unspecified atom stereocenters. The third kappa shape index (κ3) is 6.18. The molecule has 6 heteroatoms. The van der Waals surface area contributed by atoms with Gasteiger partial charge in [0, 0.05) is 18.2 Å². The molecule has 0 bridgehead atoms. The summed E-state index contributed by atoms with van der Waals surface area (Å²) in [5, 5.41) is 2.75. The summed E-state index contributed by atoms with van der Waals surface area (Å²) in [5.74, 6) is 1.41. The standard InChI is InChI=1S/C19H21NO5/c1-3-24-15-6-4-14(5-7-15)20-18(21)12-10-16-8-9-17(25-16)11-13-19(22)23-2/h4-10,12H,3,11,13H2,1-2H3,(H,20,21)/b12-10+. The summed E-state index contributed by atoms with van der Waals surface area (Å²) in [6.45, 7) is 2.51. The van der Waals surface area contributed by atoms with Gasteiger partial charge in [0.05, 0.1) is 20.1 Å². The van der Waals surface area contributed by atoms with Crippen LogP contribution in [0.5, 0.6) is 5.75 Å². The highest BCUT2D eigenvalue weighted by Gasteiger charge is 2.05. The average molecular weight is 343 g/mol. The van der Waals surface area contributed by atoms with Gasteiger partial charge >= 0.3 is 5.97 Å². The van der Waals surface area contributed by atoms with Crippen molar-refractivity contribution in [2.75, 3.05) is 19.0 Å². The minimum Gasteiger partial charge on any atom is -0.494 e. The summed E-state index contributed by atoms with van der Waals surface area (Å²) in [6.07, 6.45) is 3.68. The molecular formula is C19H21NO5. The van der Waals surface area contributed by atoms with E-state index in [1.54, 1.807) is 42.5 Å². The molecule has 0 aliphatic carbocycles. The molecule has 0 spiro atoms. The molecule has 0 aliphatic rings. The summed E-state index contributed by atoms with van der Waals surface area (Å²) in [6, 6.07) is 10.6. The monoisotopic (exact) mass is 343 g/mol. The van der Waals surface area contributed by atoms with Crippen molar-refractivity contribution in [2.24, 2.45) is 0 Å². The number of nitrogens with one attached hydrogen (secondary N) is 1. The molecule has 0 aliphatic heterocycles.